The van der Waals surface area contributed by atoms with Crippen LogP contribution in [0, 0.1) is 11.6 Å². The second-order valence-electron chi connectivity index (χ2n) is 4.89. The molecule has 0 aliphatic carbocycles. The fraction of sp³-hybridized carbons (Fsp3) is 0.267. The number of methoxy groups -OCH3 is 1. The van der Waals surface area contributed by atoms with Crippen LogP contribution in [0.4, 0.5) is 22.0 Å². The quantitative estimate of drug-likeness (QED) is 0.466. The highest BCUT2D eigenvalue weighted by molar-refractivity contribution is 5.90. The third kappa shape index (κ3) is 3.67. The minimum absolute atomic E-state index is 0.159. The highest BCUT2D eigenvalue weighted by Gasteiger charge is 2.40. The van der Waals surface area contributed by atoms with Crippen molar-refractivity contribution in [3.8, 4) is 0 Å². The number of aromatic nitrogens is 2. The smallest absolute Gasteiger partial charge is 0.435 e. The van der Waals surface area contributed by atoms with E-state index in [1.807, 2.05) is 0 Å². The summed E-state index contributed by atoms with van der Waals surface area (Å²) in [6.45, 7) is -0.787. The van der Waals surface area contributed by atoms with E-state index < -0.39 is 59.3 Å². The molecule has 0 fully saturated rings. The normalized spacial score (nSPS) is 11.4. The number of esters is 1. The molecule has 0 radical (unpaired) electrons. The molecule has 0 saturated carbocycles. The summed E-state index contributed by atoms with van der Waals surface area (Å²) >= 11 is 0. The first kappa shape index (κ1) is 18.6. The molecule has 0 aliphatic heterocycles. The SMILES string of the molecule is COC(=O)c1c(CC=O)c(C(F)(F)F)nn1Cc1c(F)cccc1F. The van der Waals surface area contributed by atoms with Crippen LogP contribution in [-0.4, -0.2) is 29.1 Å². The van der Waals surface area contributed by atoms with Gasteiger partial charge in [0.25, 0.3) is 0 Å². The van der Waals surface area contributed by atoms with Crippen molar-refractivity contribution < 1.29 is 36.3 Å². The number of aldehydes is 1. The molecule has 2 rings (SSSR count). The number of alkyl halides is 3. The molecule has 0 unspecified atom stereocenters. The van der Waals surface area contributed by atoms with E-state index in [9.17, 15) is 31.5 Å². The summed E-state index contributed by atoms with van der Waals surface area (Å²) in [5.41, 5.74) is -3.48. The van der Waals surface area contributed by atoms with Crippen LogP contribution in [0.3, 0.4) is 0 Å². The largest absolute Gasteiger partial charge is 0.464 e. The molecular formula is C15H11F5N2O3. The summed E-state index contributed by atoms with van der Waals surface area (Å²) < 4.78 is 71.8. The minimum atomic E-state index is -4.97. The molecule has 0 aliphatic rings. The van der Waals surface area contributed by atoms with E-state index in [1.165, 1.54) is 0 Å². The molecule has 10 heteroatoms. The number of carbonyl (C=O) groups is 2. The first-order valence-corrected chi connectivity index (χ1v) is 6.82. The van der Waals surface area contributed by atoms with Crippen molar-refractivity contribution in [1.29, 1.82) is 0 Å². The van der Waals surface area contributed by atoms with Gasteiger partial charge in [0.2, 0.25) is 0 Å². The summed E-state index contributed by atoms with van der Waals surface area (Å²) in [6.07, 6.45) is -5.58. The molecule has 0 atom stereocenters. The van der Waals surface area contributed by atoms with Crippen molar-refractivity contribution in [3.63, 3.8) is 0 Å². The maximum atomic E-state index is 13.8. The molecule has 0 spiro atoms. The highest BCUT2D eigenvalue weighted by Crippen LogP contribution is 2.33. The first-order valence-electron chi connectivity index (χ1n) is 6.82. The molecule has 5 nitrogen and oxygen atoms in total. The molecular weight excluding hydrogens is 351 g/mol. The molecule has 0 amide bonds. The lowest BCUT2D eigenvalue weighted by Crippen LogP contribution is -2.16. The van der Waals surface area contributed by atoms with E-state index in [2.05, 4.69) is 9.84 Å². The van der Waals surface area contributed by atoms with Crippen LogP contribution in [0.15, 0.2) is 18.2 Å². The lowest BCUT2D eigenvalue weighted by molar-refractivity contribution is -0.142. The Hall–Kier alpha value is -2.78. The molecule has 0 N–H and O–H groups in total. The summed E-state index contributed by atoms with van der Waals surface area (Å²) in [7, 11) is 0.918. The van der Waals surface area contributed by atoms with Gasteiger partial charge >= 0.3 is 12.1 Å². The Labute approximate surface area is 138 Å². The van der Waals surface area contributed by atoms with Crippen molar-refractivity contribution >= 4 is 12.3 Å². The molecule has 2 aromatic rings. The van der Waals surface area contributed by atoms with Gasteiger partial charge in [-0.25, -0.2) is 13.6 Å². The molecule has 134 valence electrons. The number of rotatable bonds is 5. The van der Waals surface area contributed by atoms with Gasteiger partial charge in [-0.1, -0.05) is 6.07 Å². The third-order valence-electron chi connectivity index (χ3n) is 3.35. The zero-order chi connectivity index (χ0) is 18.8. The van der Waals surface area contributed by atoms with Gasteiger partial charge in [-0.3, -0.25) is 4.68 Å². The van der Waals surface area contributed by atoms with Crippen LogP contribution in [0.1, 0.15) is 27.3 Å². The predicted octanol–water partition coefficient (Wildman–Crippen LogP) is 2.76. The lowest BCUT2D eigenvalue weighted by Gasteiger charge is -2.09. The zero-order valence-corrected chi connectivity index (χ0v) is 12.7. The van der Waals surface area contributed by atoms with Gasteiger partial charge in [-0.05, 0) is 12.1 Å². The Balaban J connectivity index is 2.68. The number of hydrogen-bond donors (Lipinski definition) is 0. The van der Waals surface area contributed by atoms with Gasteiger partial charge in [0.15, 0.2) is 11.4 Å². The number of hydrogen-bond acceptors (Lipinski definition) is 4. The number of ether oxygens (including phenoxy) is 1. The topological polar surface area (TPSA) is 61.2 Å². The number of halogens is 5. The van der Waals surface area contributed by atoms with Crippen LogP contribution in [0.2, 0.25) is 0 Å². The van der Waals surface area contributed by atoms with Crippen LogP contribution in [-0.2, 0) is 28.7 Å². The second kappa shape index (κ2) is 6.99. The van der Waals surface area contributed by atoms with Crippen molar-refractivity contribution in [1.82, 2.24) is 9.78 Å². The summed E-state index contributed by atoms with van der Waals surface area (Å²) in [4.78, 5) is 22.6. The van der Waals surface area contributed by atoms with Crippen LogP contribution < -0.4 is 0 Å². The Morgan fingerprint density at radius 3 is 2.32 bits per heavy atom. The Bertz CT molecular complexity index is 794. The fourth-order valence-corrected chi connectivity index (χ4v) is 2.28. The van der Waals surface area contributed by atoms with Gasteiger partial charge in [0.1, 0.15) is 17.9 Å². The second-order valence-corrected chi connectivity index (χ2v) is 4.89. The van der Waals surface area contributed by atoms with Crippen LogP contribution >= 0.6 is 0 Å². The van der Waals surface area contributed by atoms with Crippen LogP contribution in [0.25, 0.3) is 0 Å². The van der Waals surface area contributed by atoms with E-state index >= 15 is 0 Å². The predicted molar refractivity (Wildman–Crippen MR) is 73.8 cm³/mol. The summed E-state index contributed by atoms with van der Waals surface area (Å²) in [6, 6.07) is 2.91. The van der Waals surface area contributed by atoms with Crippen molar-refractivity contribution in [2.24, 2.45) is 0 Å². The van der Waals surface area contributed by atoms with E-state index in [0.29, 0.717) is 4.68 Å². The van der Waals surface area contributed by atoms with Gasteiger partial charge in [0, 0.05) is 17.5 Å². The molecule has 1 aromatic carbocycles. The monoisotopic (exact) mass is 362 g/mol. The Morgan fingerprint density at radius 1 is 1.24 bits per heavy atom. The van der Waals surface area contributed by atoms with Gasteiger partial charge in [-0.2, -0.15) is 18.3 Å². The average molecular weight is 362 g/mol. The van der Waals surface area contributed by atoms with Crippen LogP contribution in [0.5, 0.6) is 0 Å². The average Bonchev–Trinajstić information content (AvgIpc) is 2.89. The number of benzene rings is 1. The maximum Gasteiger partial charge on any atom is 0.435 e. The summed E-state index contributed by atoms with van der Waals surface area (Å²) in [5.74, 6) is -3.25. The first-order chi connectivity index (χ1) is 11.7. The van der Waals surface area contributed by atoms with E-state index in [-0.39, 0.29) is 6.29 Å². The van der Waals surface area contributed by atoms with Gasteiger partial charge in [0.05, 0.1) is 13.7 Å². The molecule has 0 saturated heterocycles. The Morgan fingerprint density at radius 2 is 1.84 bits per heavy atom. The van der Waals surface area contributed by atoms with Crippen molar-refractivity contribution in [2.75, 3.05) is 7.11 Å². The van der Waals surface area contributed by atoms with E-state index in [4.69, 9.17) is 0 Å². The molecule has 1 heterocycles. The van der Waals surface area contributed by atoms with Crippen molar-refractivity contribution in [3.05, 3.63) is 52.3 Å². The maximum absolute atomic E-state index is 13.8. The number of nitrogens with zero attached hydrogens (tertiary/aromatic N) is 2. The van der Waals surface area contributed by atoms with E-state index in [1.54, 1.807) is 0 Å². The lowest BCUT2D eigenvalue weighted by atomic mass is 10.1. The summed E-state index contributed by atoms with van der Waals surface area (Å²) in [5, 5.41) is 3.25. The third-order valence-corrected chi connectivity index (χ3v) is 3.35. The highest BCUT2D eigenvalue weighted by atomic mass is 19.4. The zero-order valence-electron chi connectivity index (χ0n) is 12.7. The Kier molecular flexibility index (Phi) is 5.19. The van der Waals surface area contributed by atoms with Crippen molar-refractivity contribution in [2.45, 2.75) is 19.1 Å². The van der Waals surface area contributed by atoms with Gasteiger partial charge in [-0.15, -0.1) is 0 Å². The fourth-order valence-electron chi connectivity index (χ4n) is 2.28. The molecule has 0 bridgehead atoms. The molecule has 1 aromatic heterocycles. The number of carbonyl (C=O) groups excluding carboxylic acids is 2. The standard InChI is InChI=1S/C15H11F5N2O3/c1-25-14(24)12-8(5-6-23)13(15(18,19)20)21-22(12)7-9-10(16)3-2-4-11(9)17/h2-4,6H,5,7H2,1H3. The van der Waals surface area contributed by atoms with Gasteiger partial charge < -0.3 is 9.53 Å². The van der Waals surface area contributed by atoms with E-state index in [0.717, 1.165) is 25.3 Å². The molecule has 25 heavy (non-hydrogen) atoms. The minimum Gasteiger partial charge on any atom is -0.464 e.